The van der Waals surface area contributed by atoms with Crippen LogP contribution in [0.15, 0.2) is 15.8 Å². The van der Waals surface area contributed by atoms with E-state index in [4.69, 9.17) is 5.11 Å². The van der Waals surface area contributed by atoms with Crippen LogP contribution in [-0.2, 0) is 6.54 Å². The minimum absolute atomic E-state index is 0.118. The molecule has 3 N–H and O–H groups in total. The maximum atomic E-state index is 11.7. The molecule has 0 radical (unpaired) electrons. The summed E-state index contributed by atoms with van der Waals surface area (Å²) in [6.45, 7) is 1.92. The predicted octanol–water partition coefficient (Wildman–Crippen LogP) is -1.13. The number of fused-ring (bicyclic) bond motifs is 1. The second-order valence-electron chi connectivity index (χ2n) is 4.60. The van der Waals surface area contributed by atoms with E-state index in [1.165, 1.54) is 0 Å². The van der Waals surface area contributed by atoms with Crippen LogP contribution >= 0.6 is 0 Å². The Hall–Kier alpha value is -2.06. The minimum Gasteiger partial charge on any atom is -0.394 e. The highest BCUT2D eigenvalue weighted by molar-refractivity contribution is 5.48. The lowest BCUT2D eigenvalue weighted by Crippen LogP contribution is -2.29. The number of nitrogens with one attached hydrogen (secondary N) is 1. The number of nitrogens with zero attached hydrogens (tertiary/aromatic N) is 3. The van der Waals surface area contributed by atoms with Crippen molar-refractivity contribution in [2.75, 3.05) is 6.61 Å². The zero-order valence-electron chi connectivity index (χ0n) is 11.0. The third kappa shape index (κ3) is 3.09. The molecule has 0 aromatic rings. The van der Waals surface area contributed by atoms with Crippen LogP contribution in [-0.4, -0.2) is 42.4 Å². The Morgan fingerprint density at radius 2 is 2.15 bits per heavy atom. The van der Waals surface area contributed by atoms with Gasteiger partial charge in [0, 0.05) is 12.7 Å². The quantitative estimate of drug-likeness (QED) is 0.637. The number of H-pyrrole nitrogens is 1. The van der Waals surface area contributed by atoms with Gasteiger partial charge < -0.3 is 14.8 Å². The van der Waals surface area contributed by atoms with Gasteiger partial charge in [0.15, 0.2) is 11.5 Å². The van der Waals surface area contributed by atoms with Gasteiger partial charge in [-0.3, -0.25) is 9.78 Å². The number of hydrogen-bond donors (Lipinski definition) is 3. The normalized spacial score (nSPS) is 12.8. The van der Waals surface area contributed by atoms with Gasteiger partial charge in [0.2, 0.25) is 0 Å². The number of hydrogen-bond acceptors (Lipinski definition) is 6. The first-order valence-electron chi connectivity index (χ1n) is 6.28. The molecule has 8 heteroatoms. The van der Waals surface area contributed by atoms with Crippen LogP contribution in [0.2, 0.25) is 0 Å². The zero-order valence-corrected chi connectivity index (χ0v) is 11.0. The number of rotatable bonds is 5. The number of aromatic amines is 1. The van der Waals surface area contributed by atoms with E-state index in [-0.39, 0.29) is 18.1 Å². The summed E-state index contributed by atoms with van der Waals surface area (Å²) in [5, 5.41) is 18.1. The van der Waals surface area contributed by atoms with Gasteiger partial charge in [-0.2, -0.15) is 4.98 Å². The molecule has 20 heavy (non-hydrogen) atoms. The molecule has 0 amide bonds. The molecular weight excluding hydrogens is 264 g/mol. The molecule has 0 aromatic carbocycles. The maximum absolute atomic E-state index is 11.7. The smallest absolute Gasteiger partial charge is 0.349 e. The van der Waals surface area contributed by atoms with Crippen molar-refractivity contribution in [3.8, 4) is 11.5 Å². The average molecular weight is 280 g/mol. The molecule has 0 aromatic heterocycles. The van der Waals surface area contributed by atoms with Crippen LogP contribution in [0.1, 0.15) is 18.5 Å². The fourth-order valence-electron chi connectivity index (χ4n) is 1.99. The van der Waals surface area contributed by atoms with E-state index < -0.39 is 17.4 Å². The van der Waals surface area contributed by atoms with E-state index in [1.54, 1.807) is 17.7 Å². The van der Waals surface area contributed by atoms with Crippen molar-refractivity contribution in [1.82, 2.24) is 19.5 Å². The van der Waals surface area contributed by atoms with Crippen molar-refractivity contribution < 1.29 is 10.2 Å². The van der Waals surface area contributed by atoms with E-state index >= 15 is 0 Å². The summed E-state index contributed by atoms with van der Waals surface area (Å²) in [7, 11) is 0. The number of aryl methyl sites for hydroxylation is 2. The number of aliphatic hydroxyl groups excluding tert-OH is 2. The third-order valence-electron chi connectivity index (χ3n) is 2.90. The van der Waals surface area contributed by atoms with Crippen LogP contribution < -0.4 is 11.2 Å². The zero-order chi connectivity index (χ0) is 14.7. The summed E-state index contributed by atoms with van der Waals surface area (Å²) in [5.74, 6) is 0.225. The van der Waals surface area contributed by atoms with Gasteiger partial charge in [-0.05, 0) is 19.8 Å². The van der Waals surface area contributed by atoms with Gasteiger partial charge in [-0.25, -0.2) is 9.78 Å². The maximum Gasteiger partial charge on any atom is 0.349 e. The summed E-state index contributed by atoms with van der Waals surface area (Å²) in [6.07, 6.45) is 1.92. The van der Waals surface area contributed by atoms with E-state index in [0.717, 1.165) is 0 Å². The molecule has 0 spiro atoms. The number of aromatic nitrogens is 4. The van der Waals surface area contributed by atoms with Crippen molar-refractivity contribution in [3.63, 3.8) is 0 Å². The van der Waals surface area contributed by atoms with Crippen molar-refractivity contribution in [3.05, 3.63) is 32.7 Å². The lowest BCUT2D eigenvalue weighted by Gasteiger charge is -2.14. The van der Waals surface area contributed by atoms with Crippen molar-refractivity contribution >= 4 is 0 Å². The molecule has 0 bridgehead atoms. The highest BCUT2D eigenvalue weighted by atomic mass is 16.3. The first kappa shape index (κ1) is 14.4. The van der Waals surface area contributed by atoms with Crippen LogP contribution in [0.3, 0.4) is 0 Å². The summed E-state index contributed by atoms with van der Waals surface area (Å²) < 4.78 is 1.67. The highest BCUT2D eigenvalue weighted by Crippen LogP contribution is 2.13. The lowest BCUT2D eigenvalue weighted by atomic mass is 10.2. The van der Waals surface area contributed by atoms with Gasteiger partial charge in [-0.1, -0.05) is 0 Å². The van der Waals surface area contributed by atoms with E-state index in [2.05, 4.69) is 15.0 Å². The van der Waals surface area contributed by atoms with Crippen molar-refractivity contribution in [1.29, 1.82) is 0 Å². The highest BCUT2D eigenvalue weighted by Gasteiger charge is 2.15. The average Bonchev–Trinajstić information content (AvgIpc) is 2.39. The van der Waals surface area contributed by atoms with E-state index in [0.29, 0.717) is 25.1 Å². The molecular formula is C12H16N4O4. The largest absolute Gasteiger partial charge is 0.394 e. The van der Waals surface area contributed by atoms with Crippen molar-refractivity contribution in [2.45, 2.75) is 32.4 Å². The molecule has 2 rings (SSSR count). The summed E-state index contributed by atoms with van der Waals surface area (Å²) in [4.78, 5) is 32.9. The van der Waals surface area contributed by atoms with E-state index in [9.17, 15) is 14.7 Å². The molecule has 1 unspecified atom stereocenters. The van der Waals surface area contributed by atoms with Crippen molar-refractivity contribution in [2.24, 2.45) is 0 Å². The molecule has 8 nitrogen and oxygen atoms in total. The topological polar surface area (TPSA) is 121 Å². The Morgan fingerprint density at radius 1 is 1.40 bits per heavy atom. The standard InChI is InChI=1S/C12H16N4O4/c1-7-5-16(4-2-3-8(18)6-17)10-9(13-7)11(19)15-12(20)14-10/h5,8,17-18H,2-4,6H2,1H3,(H,15,19,20). The third-order valence-corrected chi connectivity index (χ3v) is 2.90. The van der Waals surface area contributed by atoms with Gasteiger partial charge >= 0.3 is 5.69 Å². The SMILES string of the molecule is Cc1cn(CCCC(O)CO)c2nc(=O)[nH]c(=O)c-2n1. The Labute approximate surface area is 114 Å². The summed E-state index contributed by atoms with van der Waals surface area (Å²) in [6, 6.07) is 0. The molecule has 2 heterocycles. The van der Waals surface area contributed by atoms with Crippen LogP contribution in [0.4, 0.5) is 0 Å². The van der Waals surface area contributed by atoms with E-state index in [1.807, 2.05) is 0 Å². The summed E-state index contributed by atoms with van der Waals surface area (Å²) >= 11 is 0. The Bertz CT molecular complexity index is 678. The molecule has 0 saturated carbocycles. The molecule has 108 valence electrons. The Morgan fingerprint density at radius 3 is 2.85 bits per heavy atom. The van der Waals surface area contributed by atoms with Gasteiger partial charge in [0.05, 0.1) is 18.4 Å². The van der Waals surface area contributed by atoms with Gasteiger partial charge in [-0.15, -0.1) is 0 Å². The first-order valence-corrected chi connectivity index (χ1v) is 6.28. The van der Waals surface area contributed by atoms with Crippen LogP contribution in [0.5, 0.6) is 0 Å². The minimum atomic E-state index is -0.767. The Kier molecular flexibility index (Phi) is 4.26. The second kappa shape index (κ2) is 5.93. The molecule has 2 aliphatic rings. The fraction of sp³-hybridized carbons (Fsp3) is 0.500. The molecule has 2 aliphatic heterocycles. The van der Waals surface area contributed by atoms with Gasteiger partial charge in [0.1, 0.15) is 0 Å². The Balaban J connectivity index is 2.33. The molecule has 1 atom stereocenters. The lowest BCUT2D eigenvalue weighted by molar-refractivity contribution is 0.0856. The fourth-order valence-corrected chi connectivity index (χ4v) is 1.99. The number of aliphatic hydroxyl groups is 2. The molecule has 0 saturated heterocycles. The molecule has 0 fully saturated rings. The second-order valence-corrected chi connectivity index (χ2v) is 4.60. The monoisotopic (exact) mass is 280 g/mol. The predicted molar refractivity (Wildman–Crippen MR) is 70.6 cm³/mol. The summed E-state index contributed by atoms with van der Waals surface area (Å²) in [5.41, 5.74) is -0.524. The van der Waals surface area contributed by atoms with Crippen LogP contribution in [0.25, 0.3) is 11.5 Å². The van der Waals surface area contributed by atoms with Gasteiger partial charge in [0.25, 0.3) is 5.56 Å². The first-order chi connectivity index (χ1) is 9.51. The van der Waals surface area contributed by atoms with Crippen LogP contribution in [0, 0.1) is 6.92 Å². The molecule has 0 aliphatic carbocycles.